The Morgan fingerprint density at radius 1 is 1.26 bits per heavy atom. The molecule has 1 unspecified atom stereocenters. The summed E-state index contributed by atoms with van der Waals surface area (Å²) in [6, 6.07) is 6.02. The van der Waals surface area contributed by atoms with E-state index in [1.165, 1.54) is 12.8 Å². The van der Waals surface area contributed by atoms with Crippen LogP contribution in [0, 0.1) is 5.92 Å². The lowest BCUT2D eigenvalue weighted by Gasteiger charge is -2.20. The Kier molecular flexibility index (Phi) is 5.05. The lowest BCUT2D eigenvalue weighted by atomic mass is 10.1. The highest BCUT2D eigenvalue weighted by Crippen LogP contribution is 2.31. The maximum absolute atomic E-state index is 5.77. The Hall–Kier alpha value is -1.26. The van der Waals surface area contributed by atoms with Gasteiger partial charge in [0.15, 0.2) is 0 Å². The molecule has 2 rings (SSSR count). The third kappa shape index (κ3) is 3.85. The molecule has 1 aliphatic rings. The Morgan fingerprint density at radius 3 is 2.63 bits per heavy atom. The van der Waals surface area contributed by atoms with Crippen LogP contribution in [-0.2, 0) is 4.74 Å². The van der Waals surface area contributed by atoms with E-state index < -0.39 is 0 Å². The SMILES string of the molecule is CNC(COCC1CC1)c1ccc(OC)cc1OC. The molecule has 1 aromatic carbocycles. The van der Waals surface area contributed by atoms with E-state index in [9.17, 15) is 0 Å². The largest absolute Gasteiger partial charge is 0.497 e. The van der Waals surface area contributed by atoms with Crippen LogP contribution < -0.4 is 14.8 Å². The van der Waals surface area contributed by atoms with Gasteiger partial charge in [-0.2, -0.15) is 0 Å². The van der Waals surface area contributed by atoms with Crippen molar-refractivity contribution in [1.29, 1.82) is 0 Å². The Balaban J connectivity index is 2.02. The first-order chi connectivity index (χ1) is 9.28. The average molecular weight is 265 g/mol. The van der Waals surface area contributed by atoms with Crippen LogP contribution in [0.15, 0.2) is 18.2 Å². The van der Waals surface area contributed by atoms with Crippen molar-refractivity contribution in [3.63, 3.8) is 0 Å². The van der Waals surface area contributed by atoms with Crippen LogP contribution in [0.2, 0.25) is 0 Å². The smallest absolute Gasteiger partial charge is 0.127 e. The van der Waals surface area contributed by atoms with Gasteiger partial charge in [0.1, 0.15) is 11.5 Å². The number of likely N-dealkylation sites (N-methyl/N-ethyl adjacent to an activating group) is 1. The van der Waals surface area contributed by atoms with Crippen molar-refractivity contribution >= 4 is 0 Å². The van der Waals surface area contributed by atoms with Gasteiger partial charge < -0.3 is 19.5 Å². The number of nitrogens with one attached hydrogen (secondary N) is 1. The fourth-order valence-electron chi connectivity index (χ4n) is 2.07. The molecule has 1 N–H and O–H groups in total. The zero-order valence-electron chi connectivity index (χ0n) is 11.9. The van der Waals surface area contributed by atoms with Crippen molar-refractivity contribution in [2.75, 3.05) is 34.5 Å². The van der Waals surface area contributed by atoms with Gasteiger partial charge in [-0.25, -0.2) is 0 Å². The first-order valence-corrected chi connectivity index (χ1v) is 6.75. The molecule has 4 nitrogen and oxygen atoms in total. The Labute approximate surface area is 115 Å². The number of hydrogen-bond acceptors (Lipinski definition) is 4. The maximum Gasteiger partial charge on any atom is 0.127 e. The van der Waals surface area contributed by atoms with Crippen LogP contribution in [-0.4, -0.2) is 34.5 Å². The zero-order chi connectivity index (χ0) is 13.7. The minimum Gasteiger partial charge on any atom is -0.497 e. The first kappa shape index (κ1) is 14.2. The van der Waals surface area contributed by atoms with Crippen LogP contribution in [0.5, 0.6) is 11.5 Å². The van der Waals surface area contributed by atoms with Crippen molar-refractivity contribution in [1.82, 2.24) is 5.32 Å². The Bertz CT molecular complexity index is 404. The van der Waals surface area contributed by atoms with E-state index in [-0.39, 0.29) is 6.04 Å². The normalized spacial score (nSPS) is 16.2. The topological polar surface area (TPSA) is 39.7 Å². The third-order valence-corrected chi connectivity index (χ3v) is 3.50. The summed E-state index contributed by atoms with van der Waals surface area (Å²) in [6.07, 6.45) is 2.63. The van der Waals surface area contributed by atoms with E-state index in [2.05, 4.69) is 5.32 Å². The predicted molar refractivity (Wildman–Crippen MR) is 74.9 cm³/mol. The molecule has 0 aliphatic heterocycles. The van der Waals surface area contributed by atoms with Crippen molar-refractivity contribution in [2.24, 2.45) is 5.92 Å². The van der Waals surface area contributed by atoms with Gasteiger partial charge in [0, 0.05) is 18.2 Å². The zero-order valence-corrected chi connectivity index (χ0v) is 11.9. The third-order valence-electron chi connectivity index (χ3n) is 3.50. The molecule has 1 fully saturated rings. The maximum atomic E-state index is 5.77. The molecule has 106 valence electrons. The van der Waals surface area contributed by atoms with E-state index in [1.54, 1.807) is 14.2 Å². The summed E-state index contributed by atoms with van der Waals surface area (Å²) in [5, 5.41) is 3.28. The van der Waals surface area contributed by atoms with Crippen molar-refractivity contribution < 1.29 is 14.2 Å². The van der Waals surface area contributed by atoms with Gasteiger partial charge in [0.25, 0.3) is 0 Å². The molecular weight excluding hydrogens is 242 g/mol. The second-order valence-electron chi connectivity index (χ2n) is 4.93. The standard InChI is InChI=1S/C15H23NO3/c1-16-14(10-19-9-11-4-5-11)13-7-6-12(17-2)8-15(13)18-3/h6-8,11,14,16H,4-5,9-10H2,1-3H3. The average Bonchev–Trinajstić information content (AvgIpc) is 3.27. The lowest BCUT2D eigenvalue weighted by molar-refractivity contribution is 0.104. The number of hydrogen-bond donors (Lipinski definition) is 1. The van der Waals surface area contributed by atoms with Crippen LogP contribution in [0.3, 0.4) is 0 Å². The molecule has 0 aromatic heterocycles. The van der Waals surface area contributed by atoms with Crippen LogP contribution in [0.4, 0.5) is 0 Å². The Morgan fingerprint density at radius 2 is 2.05 bits per heavy atom. The van der Waals surface area contributed by atoms with Gasteiger partial charge in [0.2, 0.25) is 0 Å². The number of ether oxygens (including phenoxy) is 3. The number of rotatable bonds is 8. The fourth-order valence-corrected chi connectivity index (χ4v) is 2.07. The molecule has 1 saturated carbocycles. The van der Waals surface area contributed by atoms with E-state index in [4.69, 9.17) is 14.2 Å². The van der Waals surface area contributed by atoms with Crippen molar-refractivity contribution in [3.8, 4) is 11.5 Å². The fraction of sp³-hybridized carbons (Fsp3) is 0.600. The minimum atomic E-state index is 0.139. The summed E-state index contributed by atoms with van der Waals surface area (Å²) in [5.74, 6) is 2.42. The molecule has 0 amide bonds. The van der Waals surface area contributed by atoms with Gasteiger partial charge in [-0.05, 0) is 37.9 Å². The van der Waals surface area contributed by atoms with Crippen molar-refractivity contribution in [2.45, 2.75) is 18.9 Å². The van der Waals surface area contributed by atoms with Gasteiger partial charge in [-0.15, -0.1) is 0 Å². The van der Waals surface area contributed by atoms with E-state index in [0.717, 1.165) is 29.6 Å². The van der Waals surface area contributed by atoms with Crippen LogP contribution in [0.25, 0.3) is 0 Å². The summed E-state index contributed by atoms with van der Waals surface area (Å²) < 4.78 is 16.4. The monoisotopic (exact) mass is 265 g/mol. The highest BCUT2D eigenvalue weighted by molar-refractivity contribution is 5.42. The highest BCUT2D eigenvalue weighted by Gasteiger charge is 2.22. The molecule has 1 aromatic rings. The molecule has 0 radical (unpaired) electrons. The molecular formula is C15H23NO3. The summed E-state index contributed by atoms with van der Waals surface area (Å²) in [7, 11) is 5.27. The van der Waals surface area contributed by atoms with E-state index >= 15 is 0 Å². The number of benzene rings is 1. The van der Waals surface area contributed by atoms with Crippen molar-refractivity contribution in [3.05, 3.63) is 23.8 Å². The van der Waals surface area contributed by atoms with Gasteiger partial charge in [-0.1, -0.05) is 0 Å². The molecule has 19 heavy (non-hydrogen) atoms. The lowest BCUT2D eigenvalue weighted by Crippen LogP contribution is -2.23. The minimum absolute atomic E-state index is 0.139. The van der Waals surface area contributed by atoms with Gasteiger partial charge in [0.05, 0.1) is 26.9 Å². The molecule has 0 heterocycles. The summed E-state index contributed by atoms with van der Waals surface area (Å²) in [6.45, 7) is 1.53. The highest BCUT2D eigenvalue weighted by atomic mass is 16.5. The molecule has 1 aliphatic carbocycles. The van der Waals surface area contributed by atoms with E-state index in [0.29, 0.717) is 6.61 Å². The summed E-state index contributed by atoms with van der Waals surface area (Å²) in [5.41, 5.74) is 1.10. The quantitative estimate of drug-likeness (QED) is 0.783. The second-order valence-corrected chi connectivity index (χ2v) is 4.93. The molecule has 0 saturated heterocycles. The van der Waals surface area contributed by atoms with Crippen LogP contribution in [0.1, 0.15) is 24.4 Å². The van der Waals surface area contributed by atoms with Gasteiger partial charge >= 0.3 is 0 Å². The second kappa shape index (κ2) is 6.78. The first-order valence-electron chi connectivity index (χ1n) is 6.75. The van der Waals surface area contributed by atoms with E-state index in [1.807, 2.05) is 25.2 Å². The molecule has 0 spiro atoms. The molecule has 4 heteroatoms. The van der Waals surface area contributed by atoms with Crippen LogP contribution >= 0.6 is 0 Å². The predicted octanol–water partition coefficient (Wildman–Crippen LogP) is 2.39. The molecule has 1 atom stereocenters. The number of methoxy groups -OCH3 is 2. The molecule has 0 bridgehead atoms. The summed E-state index contributed by atoms with van der Waals surface area (Å²) >= 11 is 0. The van der Waals surface area contributed by atoms with Gasteiger partial charge in [-0.3, -0.25) is 0 Å². The summed E-state index contributed by atoms with van der Waals surface area (Å²) in [4.78, 5) is 0.